The molecule has 2 heteroatoms. The molecule has 0 unspecified atom stereocenters. The molecule has 0 nitrogen and oxygen atoms in total. The Morgan fingerprint density at radius 3 is 2.70 bits per heavy atom. The largest absolute Gasteiger partial charge is 0.0929 e. The zero-order valence-electron chi connectivity index (χ0n) is 5.22. The Hall–Kier alpha value is -0.460. The Morgan fingerprint density at radius 1 is 1.30 bits per heavy atom. The van der Waals surface area contributed by atoms with Gasteiger partial charge in [0.1, 0.15) is 0 Å². The van der Waals surface area contributed by atoms with Crippen molar-refractivity contribution >= 4 is 29.3 Å². The van der Waals surface area contributed by atoms with Crippen LogP contribution >= 0.6 is 23.2 Å². The average molecular weight is 173 g/mol. The molecule has 0 aliphatic rings. The van der Waals surface area contributed by atoms with Crippen LogP contribution in [0.3, 0.4) is 0 Å². The van der Waals surface area contributed by atoms with Gasteiger partial charge < -0.3 is 0 Å². The fraction of sp³-hybridized carbons (Fsp3) is 0. The molecule has 1 aromatic carbocycles. The van der Waals surface area contributed by atoms with Crippen LogP contribution in [0.1, 0.15) is 5.56 Å². The third kappa shape index (κ3) is 2.05. The lowest BCUT2D eigenvalue weighted by Gasteiger charge is -1.91. The van der Waals surface area contributed by atoms with Crippen molar-refractivity contribution in [1.29, 1.82) is 0 Å². The van der Waals surface area contributed by atoms with E-state index in [1.54, 1.807) is 6.08 Å². The summed E-state index contributed by atoms with van der Waals surface area (Å²) in [5, 5.41) is 0.729. The Morgan fingerprint density at radius 2 is 2.10 bits per heavy atom. The Balaban J connectivity index is 2.95. The highest BCUT2D eigenvalue weighted by Crippen LogP contribution is 2.11. The minimum atomic E-state index is 0.729. The maximum atomic E-state index is 5.70. The molecular weight excluding hydrogens is 167 g/mol. The first kappa shape index (κ1) is 7.64. The molecule has 0 saturated carbocycles. The van der Waals surface area contributed by atoms with E-state index in [4.69, 9.17) is 23.2 Å². The van der Waals surface area contributed by atoms with Crippen molar-refractivity contribution in [2.24, 2.45) is 0 Å². The molecule has 52 valence electrons. The normalized spacial score (nSPS) is 10.6. The van der Waals surface area contributed by atoms with E-state index in [9.17, 15) is 0 Å². The van der Waals surface area contributed by atoms with Crippen LogP contribution in [0.25, 0.3) is 6.08 Å². The van der Waals surface area contributed by atoms with E-state index in [0.717, 1.165) is 10.6 Å². The molecule has 0 aliphatic heterocycles. The predicted molar refractivity (Wildman–Crippen MR) is 46.3 cm³/mol. The highest BCUT2D eigenvalue weighted by atomic mass is 35.5. The molecule has 0 aromatic heterocycles. The van der Waals surface area contributed by atoms with Gasteiger partial charge >= 0.3 is 0 Å². The van der Waals surface area contributed by atoms with Crippen LogP contribution in [0, 0.1) is 0 Å². The second kappa shape index (κ2) is 3.65. The second-order valence-electron chi connectivity index (χ2n) is 1.85. The van der Waals surface area contributed by atoms with Gasteiger partial charge in [0, 0.05) is 10.6 Å². The summed E-state index contributed by atoms with van der Waals surface area (Å²) in [6, 6.07) is 7.49. The zero-order valence-corrected chi connectivity index (χ0v) is 6.73. The quantitative estimate of drug-likeness (QED) is 0.609. The lowest BCUT2D eigenvalue weighted by Crippen LogP contribution is -1.68. The lowest BCUT2D eigenvalue weighted by atomic mass is 10.2. The molecule has 0 aliphatic carbocycles. The first-order valence-electron chi connectivity index (χ1n) is 2.85. The minimum Gasteiger partial charge on any atom is -0.0929 e. The van der Waals surface area contributed by atoms with Crippen LogP contribution in [0.15, 0.2) is 29.8 Å². The number of benzene rings is 1. The molecular formula is C8H6Cl2. The number of hydrogen-bond acceptors (Lipinski definition) is 0. The van der Waals surface area contributed by atoms with E-state index in [1.165, 1.54) is 5.54 Å². The zero-order chi connectivity index (χ0) is 7.40. The number of hydrogen-bond donors (Lipinski definition) is 0. The Kier molecular flexibility index (Phi) is 2.79. The Bertz CT molecular complexity index is 241. The summed E-state index contributed by atoms with van der Waals surface area (Å²) in [4.78, 5) is 0. The van der Waals surface area contributed by atoms with Crippen molar-refractivity contribution in [2.45, 2.75) is 0 Å². The van der Waals surface area contributed by atoms with E-state index in [2.05, 4.69) is 0 Å². The smallest absolute Gasteiger partial charge is 0.0411 e. The van der Waals surface area contributed by atoms with Crippen molar-refractivity contribution in [3.8, 4) is 0 Å². The molecule has 0 bridgehead atoms. The fourth-order valence-electron chi connectivity index (χ4n) is 0.683. The topological polar surface area (TPSA) is 0 Å². The van der Waals surface area contributed by atoms with Gasteiger partial charge in [-0.2, -0.15) is 0 Å². The van der Waals surface area contributed by atoms with Crippen molar-refractivity contribution in [3.05, 3.63) is 40.4 Å². The SMILES string of the molecule is ClC=Cc1cccc(Cl)c1. The van der Waals surface area contributed by atoms with Gasteiger partial charge in [-0.25, -0.2) is 0 Å². The molecule has 0 N–H and O–H groups in total. The van der Waals surface area contributed by atoms with E-state index in [1.807, 2.05) is 24.3 Å². The molecule has 1 rings (SSSR count). The summed E-state index contributed by atoms with van der Waals surface area (Å²) in [5.41, 5.74) is 2.48. The fourth-order valence-corrected chi connectivity index (χ4v) is 1.03. The Labute approximate surface area is 70.1 Å². The summed E-state index contributed by atoms with van der Waals surface area (Å²) in [6.45, 7) is 0. The van der Waals surface area contributed by atoms with E-state index < -0.39 is 0 Å². The molecule has 0 heterocycles. The maximum absolute atomic E-state index is 5.70. The summed E-state index contributed by atoms with van der Waals surface area (Å²) < 4.78 is 0. The van der Waals surface area contributed by atoms with Gasteiger partial charge in [0.05, 0.1) is 0 Å². The van der Waals surface area contributed by atoms with Gasteiger partial charge in [0.2, 0.25) is 0 Å². The summed E-state index contributed by atoms with van der Waals surface area (Å²) >= 11 is 11.1. The summed E-state index contributed by atoms with van der Waals surface area (Å²) in [6.07, 6.45) is 1.79. The first-order chi connectivity index (χ1) is 4.83. The van der Waals surface area contributed by atoms with Crippen molar-refractivity contribution in [3.63, 3.8) is 0 Å². The van der Waals surface area contributed by atoms with Gasteiger partial charge in [-0.3, -0.25) is 0 Å². The lowest BCUT2D eigenvalue weighted by molar-refractivity contribution is 1.66. The van der Waals surface area contributed by atoms with Gasteiger partial charge in [-0.1, -0.05) is 35.3 Å². The van der Waals surface area contributed by atoms with Crippen LogP contribution in [0.5, 0.6) is 0 Å². The minimum absolute atomic E-state index is 0.729. The third-order valence-corrected chi connectivity index (χ3v) is 1.47. The summed E-state index contributed by atoms with van der Waals surface area (Å²) in [5.74, 6) is 0. The van der Waals surface area contributed by atoms with Crippen molar-refractivity contribution in [2.75, 3.05) is 0 Å². The third-order valence-electron chi connectivity index (χ3n) is 1.10. The van der Waals surface area contributed by atoms with E-state index >= 15 is 0 Å². The average Bonchev–Trinajstić information content (AvgIpc) is 1.88. The standard InChI is InChI=1S/C8H6Cl2/c9-5-4-7-2-1-3-8(10)6-7/h1-6H. The second-order valence-corrected chi connectivity index (χ2v) is 2.54. The van der Waals surface area contributed by atoms with Gasteiger partial charge in [0.15, 0.2) is 0 Å². The highest BCUT2D eigenvalue weighted by Gasteiger charge is 1.86. The van der Waals surface area contributed by atoms with Crippen molar-refractivity contribution < 1.29 is 0 Å². The van der Waals surface area contributed by atoms with Crippen LogP contribution in [-0.4, -0.2) is 0 Å². The molecule has 0 amide bonds. The monoisotopic (exact) mass is 172 g/mol. The highest BCUT2D eigenvalue weighted by molar-refractivity contribution is 6.30. The van der Waals surface area contributed by atoms with Crippen LogP contribution < -0.4 is 0 Å². The maximum Gasteiger partial charge on any atom is 0.0411 e. The molecule has 1 aromatic rings. The summed E-state index contributed by atoms with van der Waals surface area (Å²) in [7, 11) is 0. The van der Waals surface area contributed by atoms with Gasteiger partial charge in [-0.05, 0) is 23.8 Å². The van der Waals surface area contributed by atoms with Gasteiger partial charge in [0.25, 0.3) is 0 Å². The van der Waals surface area contributed by atoms with Crippen LogP contribution in [0.4, 0.5) is 0 Å². The van der Waals surface area contributed by atoms with Gasteiger partial charge in [-0.15, -0.1) is 0 Å². The van der Waals surface area contributed by atoms with Crippen molar-refractivity contribution in [1.82, 2.24) is 0 Å². The van der Waals surface area contributed by atoms with Crippen LogP contribution in [-0.2, 0) is 0 Å². The first-order valence-corrected chi connectivity index (χ1v) is 3.66. The van der Waals surface area contributed by atoms with Crippen LogP contribution in [0.2, 0.25) is 5.02 Å². The van der Waals surface area contributed by atoms with E-state index in [-0.39, 0.29) is 0 Å². The van der Waals surface area contributed by atoms with E-state index in [0.29, 0.717) is 0 Å². The molecule has 0 spiro atoms. The molecule has 0 atom stereocenters. The molecule has 0 fully saturated rings. The molecule has 10 heavy (non-hydrogen) atoms. The number of rotatable bonds is 1. The molecule has 0 saturated heterocycles. The number of halogens is 2. The molecule has 0 radical (unpaired) electrons. The predicted octanol–water partition coefficient (Wildman–Crippen LogP) is 3.55.